The van der Waals surface area contributed by atoms with Crippen molar-refractivity contribution in [2.24, 2.45) is 0 Å². The lowest BCUT2D eigenvalue weighted by Gasteiger charge is -2.23. The second kappa shape index (κ2) is 6.12. The third-order valence-corrected chi connectivity index (χ3v) is 3.35. The summed E-state index contributed by atoms with van der Waals surface area (Å²) in [5.41, 5.74) is 1.07. The first-order valence-electron chi connectivity index (χ1n) is 6.48. The zero-order valence-corrected chi connectivity index (χ0v) is 10.5. The van der Waals surface area contributed by atoms with Crippen molar-refractivity contribution in [3.63, 3.8) is 0 Å². The molecule has 1 N–H and O–H groups in total. The van der Waals surface area contributed by atoms with E-state index in [1.54, 1.807) is 12.1 Å². The summed E-state index contributed by atoms with van der Waals surface area (Å²) in [6, 6.07) is 7.51. The fourth-order valence-electron chi connectivity index (χ4n) is 2.39. The van der Waals surface area contributed by atoms with E-state index in [9.17, 15) is 4.39 Å². The highest BCUT2D eigenvalue weighted by Gasteiger charge is 2.16. The van der Waals surface area contributed by atoms with E-state index in [0.29, 0.717) is 6.04 Å². The second-order valence-electron chi connectivity index (χ2n) is 4.78. The zero-order chi connectivity index (χ0) is 12.1. The predicted octanol–water partition coefficient (Wildman–Crippen LogP) is 2.40. The van der Waals surface area contributed by atoms with Gasteiger partial charge in [0.15, 0.2) is 0 Å². The minimum Gasteiger partial charge on any atom is -0.313 e. The predicted molar refractivity (Wildman–Crippen MR) is 68.4 cm³/mol. The Morgan fingerprint density at radius 3 is 3.12 bits per heavy atom. The van der Waals surface area contributed by atoms with E-state index < -0.39 is 0 Å². The van der Waals surface area contributed by atoms with E-state index in [4.69, 9.17) is 0 Å². The third-order valence-electron chi connectivity index (χ3n) is 3.35. The number of benzene rings is 1. The van der Waals surface area contributed by atoms with Crippen molar-refractivity contribution in [2.75, 3.05) is 19.6 Å². The van der Waals surface area contributed by atoms with E-state index in [1.165, 1.54) is 12.5 Å². The summed E-state index contributed by atoms with van der Waals surface area (Å²) in [4.78, 5) is 2.42. The van der Waals surface area contributed by atoms with Crippen LogP contribution in [0, 0.1) is 5.82 Å². The molecule has 2 rings (SSSR count). The van der Waals surface area contributed by atoms with Crippen molar-refractivity contribution >= 4 is 0 Å². The summed E-state index contributed by atoms with van der Waals surface area (Å²) >= 11 is 0. The van der Waals surface area contributed by atoms with Crippen LogP contribution in [0.2, 0.25) is 0 Å². The lowest BCUT2D eigenvalue weighted by molar-refractivity contribution is 0.257. The maximum atomic E-state index is 13.1. The average Bonchev–Trinajstić information content (AvgIpc) is 2.54. The molecule has 0 aromatic heterocycles. The quantitative estimate of drug-likeness (QED) is 0.867. The molecule has 17 heavy (non-hydrogen) atoms. The maximum Gasteiger partial charge on any atom is 0.123 e. The van der Waals surface area contributed by atoms with Gasteiger partial charge in [0.25, 0.3) is 0 Å². The monoisotopic (exact) mass is 236 g/mol. The first kappa shape index (κ1) is 12.5. The summed E-state index contributed by atoms with van der Waals surface area (Å²) in [6.07, 6.45) is 2.32. The minimum absolute atomic E-state index is 0.137. The summed E-state index contributed by atoms with van der Waals surface area (Å²) in [6.45, 7) is 6.32. The van der Waals surface area contributed by atoms with E-state index in [-0.39, 0.29) is 5.82 Å². The van der Waals surface area contributed by atoms with Gasteiger partial charge in [0.1, 0.15) is 5.82 Å². The van der Waals surface area contributed by atoms with Gasteiger partial charge in [0.05, 0.1) is 0 Å². The molecule has 1 heterocycles. The highest BCUT2D eigenvalue weighted by atomic mass is 19.1. The number of rotatable bonds is 3. The van der Waals surface area contributed by atoms with Crippen LogP contribution in [0.25, 0.3) is 0 Å². The van der Waals surface area contributed by atoms with Crippen molar-refractivity contribution in [2.45, 2.75) is 32.4 Å². The molecule has 0 aliphatic carbocycles. The van der Waals surface area contributed by atoms with Gasteiger partial charge in [-0.2, -0.15) is 0 Å². The third kappa shape index (κ3) is 3.79. The number of halogens is 1. The normalized spacial score (nSPS) is 22.4. The lowest BCUT2D eigenvalue weighted by Crippen LogP contribution is -2.36. The Morgan fingerprint density at radius 1 is 1.47 bits per heavy atom. The molecule has 2 nitrogen and oxygen atoms in total. The summed E-state index contributed by atoms with van der Waals surface area (Å²) < 4.78 is 13.1. The van der Waals surface area contributed by atoms with Crippen molar-refractivity contribution in [1.82, 2.24) is 10.2 Å². The molecule has 1 unspecified atom stereocenters. The van der Waals surface area contributed by atoms with Crippen LogP contribution in [-0.4, -0.2) is 30.6 Å². The second-order valence-corrected chi connectivity index (χ2v) is 4.78. The number of hydrogen-bond acceptors (Lipinski definition) is 2. The molecule has 1 aromatic rings. The molecule has 1 aromatic carbocycles. The minimum atomic E-state index is -0.137. The fourth-order valence-corrected chi connectivity index (χ4v) is 2.39. The Morgan fingerprint density at radius 2 is 2.35 bits per heavy atom. The smallest absolute Gasteiger partial charge is 0.123 e. The standard InChI is InChI=1S/C14H21FN2/c1-2-14-11-17(8-4-7-16-14)10-12-5-3-6-13(15)9-12/h3,5-6,9,14,16H,2,4,7-8,10-11H2,1H3. The van der Waals surface area contributed by atoms with Crippen LogP contribution in [0.4, 0.5) is 4.39 Å². The van der Waals surface area contributed by atoms with Gasteiger partial charge in [-0.3, -0.25) is 4.90 Å². The summed E-state index contributed by atoms with van der Waals surface area (Å²) in [7, 11) is 0. The molecule has 3 heteroatoms. The van der Waals surface area contributed by atoms with Gasteiger partial charge in [-0.1, -0.05) is 19.1 Å². The Balaban J connectivity index is 1.97. The molecule has 1 fully saturated rings. The highest BCUT2D eigenvalue weighted by molar-refractivity contribution is 5.16. The Labute approximate surface area is 103 Å². The van der Waals surface area contributed by atoms with Crippen molar-refractivity contribution in [3.05, 3.63) is 35.6 Å². The van der Waals surface area contributed by atoms with Gasteiger partial charge in [-0.05, 0) is 43.6 Å². The Bertz CT molecular complexity index is 354. The van der Waals surface area contributed by atoms with Gasteiger partial charge < -0.3 is 5.32 Å². The fraction of sp³-hybridized carbons (Fsp3) is 0.571. The molecular weight excluding hydrogens is 215 g/mol. The van der Waals surface area contributed by atoms with Crippen molar-refractivity contribution in [1.29, 1.82) is 0 Å². The van der Waals surface area contributed by atoms with Gasteiger partial charge in [-0.15, -0.1) is 0 Å². The average molecular weight is 236 g/mol. The molecule has 0 spiro atoms. The Kier molecular flexibility index (Phi) is 4.51. The van der Waals surface area contributed by atoms with Crippen LogP contribution >= 0.6 is 0 Å². The Hall–Kier alpha value is -0.930. The van der Waals surface area contributed by atoms with Crippen molar-refractivity contribution < 1.29 is 4.39 Å². The summed E-state index contributed by atoms with van der Waals surface area (Å²) in [5.74, 6) is -0.137. The molecule has 1 aliphatic heterocycles. The van der Waals surface area contributed by atoms with Crippen molar-refractivity contribution in [3.8, 4) is 0 Å². The molecular formula is C14H21FN2. The van der Waals surface area contributed by atoms with Gasteiger partial charge in [-0.25, -0.2) is 4.39 Å². The molecule has 0 bridgehead atoms. The largest absolute Gasteiger partial charge is 0.313 e. The van der Waals surface area contributed by atoms with Gasteiger partial charge in [0, 0.05) is 19.1 Å². The van der Waals surface area contributed by atoms with E-state index in [0.717, 1.165) is 38.2 Å². The zero-order valence-electron chi connectivity index (χ0n) is 10.5. The molecule has 1 atom stereocenters. The molecule has 94 valence electrons. The molecule has 1 saturated heterocycles. The SMILES string of the molecule is CCC1CN(Cc2cccc(F)c2)CCCN1. The number of hydrogen-bond donors (Lipinski definition) is 1. The van der Waals surface area contributed by atoms with Crippen LogP contribution < -0.4 is 5.32 Å². The maximum absolute atomic E-state index is 13.1. The van der Waals surface area contributed by atoms with Crippen LogP contribution in [0.1, 0.15) is 25.3 Å². The van der Waals surface area contributed by atoms with Crippen LogP contribution in [0.15, 0.2) is 24.3 Å². The summed E-state index contributed by atoms with van der Waals surface area (Å²) in [5, 5.41) is 3.54. The molecule has 0 saturated carbocycles. The number of nitrogens with zero attached hydrogens (tertiary/aromatic N) is 1. The van der Waals surface area contributed by atoms with Gasteiger partial charge >= 0.3 is 0 Å². The lowest BCUT2D eigenvalue weighted by atomic mass is 10.1. The molecule has 0 amide bonds. The topological polar surface area (TPSA) is 15.3 Å². The first-order valence-corrected chi connectivity index (χ1v) is 6.48. The van der Waals surface area contributed by atoms with E-state index in [1.807, 2.05) is 6.07 Å². The molecule has 1 aliphatic rings. The number of nitrogens with one attached hydrogen (secondary N) is 1. The highest BCUT2D eigenvalue weighted by Crippen LogP contribution is 2.10. The first-order chi connectivity index (χ1) is 8.28. The van der Waals surface area contributed by atoms with E-state index in [2.05, 4.69) is 17.1 Å². The van der Waals surface area contributed by atoms with Crippen LogP contribution in [0.5, 0.6) is 0 Å². The van der Waals surface area contributed by atoms with Gasteiger partial charge in [0.2, 0.25) is 0 Å². The van der Waals surface area contributed by atoms with Crippen LogP contribution in [-0.2, 0) is 6.54 Å². The van der Waals surface area contributed by atoms with Crippen LogP contribution in [0.3, 0.4) is 0 Å². The van der Waals surface area contributed by atoms with E-state index >= 15 is 0 Å². The molecule has 0 radical (unpaired) electrons.